The van der Waals surface area contributed by atoms with Crippen LogP contribution in [0.15, 0.2) is 62.9 Å². The molecule has 164 valence electrons. The fourth-order valence-corrected chi connectivity index (χ4v) is 4.60. The monoisotopic (exact) mass is 465 g/mol. The molecule has 4 rings (SSSR count). The van der Waals surface area contributed by atoms with E-state index in [1.807, 2.05) is 0 Å². The van der Waals surface area contributed by atoms with Gasteiger partial charge in [0.15, 0.2) is 0 Å². The van der Waals surface area contributed by atoms with Gasteiger partial charge >= 0.3 is 0 Å². The Hall–Kier alpha value is -2.46. The average Bonchev–Trinajstić information content (AvgIpc) is 3.20. The molecule has 0 bridgehead atoms. The highest BCUT2D eigenvalue weighted by Gasteiger charge is 2.28. The van der Waals surface area contributed by atoms with Crippen LogP contribution in [0.5, 0.6) is 0 Å². The molecule has 0 atom stereocenters. The van der Waals surface area contributed by atoms with E-state index in [0.29, 0.717) is 36.9 Å². The first-order valence-electron chi connectivity index (χ1n) is 9.75. The van der Waals surface area contributed by atoms with E-state index in [2.05, 4.69) is 15.2 Å². The van der Waals surface area contributed by atoms with Crippen molar-refractivity contribution in [3.05, 3.63) is 59.4 Å². The number of hydrogen-bond acceptors (Lipinski definition) is 7. The van der Waals surface area contributed by atoms with E-state index < -0.39 is 15.7 Å². The second-order valence-corrected chi connectivity index (χ2v) is 9.30. The van der Waals surface area contributed by atoms with Crippen LogP contribution in [0.4, 0.5) is 10.3 Å². The van der Waals surface area contributed by atoms with Crippen LogP contribution in [0, 0.1) is 5.82 Å². The molecule has 0 saturated carbocycles. The number of nitrogens with zero attached hydrogens (tertiary/aromatic N) is 2. The number of anilines is 1. The third-order valence-electron chi connectivity index (χ3n) is 4.88. The normalized spacial score (nSPS) is 15.2. The van der Waals surface area contributed by atoms with Crippen molar-refractivity contribution in [3.8, 4) is 11.5 Å². The molecule has 1 aliphatic heterocycles. The molecule has 2 heterocycles. The maximum Gasteiger partial charge on any atom is 0.233 e. The Morgan fingerprint density at radius 3 is 2.42 bits per heavy atom. The molecule has 0 unspecified atom stereocenters. The van der Waals surface area contributed by atoms with Crippen LogP contribution < -0.4 is 5.32 Å². The molecule has 2 aromatic carbocycles. The topological polar surface area (TPSA) is 84.7 Å². The molecule has 1 aliphatic rings. The molecule has 0 amide bonds. The van der Waals surface area contributed by atoms with Crippen LogP contribution in [0.2, 0.25) is 5.02 Å². The summed E-state index contributed by atoms with van der Waals surface area (Å²) in [5.74, 6) is -0.280. The van der Waals surface area contributed by atoms with Gasteiger partial charge in [-0.1, -0.05) is 11.6 Å². The maximum absolute atomic E-state index is 13.3. The van der Waals surface area contributed by atoms with E-state index in [1.54, 1.807) is 0 Å². The van der Waals surface area contributed by atoms with Crippen LogP contribution in [0.25, 0.3) is 11.5 Å². The summed E-state index contributed by atoms with van der Waals surface area (Å²) in [5, 5.41) is 3.26. The standard InChI is InChI=1S/C21H21ClFN3O4S/c22-16-3-7-18(8-4-16)31(27,28)21-20(24-9-10-26-11-13-29-14-12-26)30-19(25-21)15-1-5-17(23)6-2-15/h1-8,24H,9-14H2. The second-order valence-electron chi connectivity index (χ2n) is 7.00. The Morgan fingerprint density at radius 1 is 1.06 bits per heavy atom. The first kappa shape index (κ1) is 21.8. The number of rotatable bonds is 7. The largest absolute Gasteiger partial charge is 0.419 e. The Balaban J connectivity index is 1.64. The first-order chi connectivity index (χ1) is 14.9. The summed E-state index contributed by atoms with van der Waals surface area (Å²) < 4.78 is 50.9. The molecule has 0 radical (unpaired) electrons. The lowest BCUT2D eigenvalue weighted by Gasteiger charge is -2.26. The van der Waals surface area contributed by atoms with Crippen molar-refractivity contribution in [2.75, 3.05) is 44.7 Å². The predicted octanol–water partition coefficient (Wildman–Crippen LogP) is 3.71. The molecule has 1 N–H and O–H groups in total. The summed E-state index contributed by atoms with van der Waals surface area (Å²) in [6.07, 6.45) is 0. The summed E-state index contributed by atoms with van der Waals surface area (Å²) in [4.78, 5) is 6.50. The average molecular weight is 466 g/mol. The van der Waals surface area contributed by atoms with E-state index in [0.717, 1.165) is 13.1 Å². The predicted molar refractivity (Wildman–Crippen MR) is 115 cm³/mol. The number of benzene rings is 2. The fraction of sp³-hybridized carbons (Fsp3) is 0.286. The number of ether oxygens (including phenoxy) is 1. The van der Waals surface area contributed by atoms with E-state index >= 15 is 0 Å². The van der Waals surface area contributed by atoms with Gasteiger partial charge in [0, 0.05) is 36.8 Å². The maximum atomic E-state index is 13.3. The quantitative estimate of drug-likeness (QED) is 0.569. The summed E-state index contributed by atoms with van der Waals surface area (Å²) in [5.41, 5.74) is 0.468. The molecule has 1 saturated heterocycles. The van der Waals surface area contributed by atoms with Gasteiger partial charge in [-0.05, 0) is 48.5 Å². The first-order valence-corrected chi connectivity index (χ1v) is 11.6. The van der Waals surface area contributed by atoms with Gasteiger partial charge in [0.2, 0.25) is 26.6 Å². The van der Waals surface area contributed by atoms with Gasteiger partial charge in [0.1, 0.15) is 5.82 Å². The Kier molecular flexibility index (Phi) is 6.57. The zero-order valence-corrected chi connectivity index (χ0v) is 18.1. The fourth-order valence-electron chi connectivity index (χ4n) is 3.19. The van der Waals surface area contributed by atoms with Crippen LogP contribution in [-0.4, -0.2) is 57.7 Å². The van der Waals surface area contributed by atoms with E-state index in [9.17, 15) is 12.8 Å². The van der Waals surface area contributed by atoms with Gasteiger partial charge in [-0.15, -0.1) is 0 Å². The number of sulfone groups is 1. The lowest BCUT2D eigenvalue weighted by molar-refractivity contribution is 0.0398. The van der Waals surface area contributed by atoms with Crippen molar-refractivity contribution in [1.29, 1.82) is 0 Å². The minimum Gasteiger partial charge on any atom is -0.419 e. The summed E-state index contributed by atoms with van der Waals surface area (Å²) >= 11 is 5.89. The Morgan fingerprint density at radius 2 is 1.74 bits per heavy atom. The zero-order chi connectivity index (χ0) is 21.8. The molecule has 7 nitrogen and oxygen atoms in total. The van der Waals surface area contributed by atoms with E-state index in [4.69, 9.17) is 20.8 Å². The Bertz CT molecular complexity index is 1130. The van der Waals surface area contributed by atoms with Gasteiger partial charge in [-0.25, -0.2) is 12.8 Å². The van der Waals surface area contributed by atoms with Gasteiger partial charge in [0.25, 0.3) is 0 Å². The molecule has 1 aromatic heterocycles. The van der Waals surface area contributed by atoms with Gasteiger partial charge in [0.05, 0.1) is 18.1 Å². The van der Waals surface area contributed by atoms with Crippen molar-refractivity contribution in [2.45, 2.75) is 9.92 Å². The summed E-state index contributed by atoms with van der Waals surface area (Å²) in [6, 6.07) is 11.3. The molecule has 0 spiro atoms. The van der Waals surface area contributed by atoms with Gasteiger partial charge in [-0.3, -0.25) is 4.90 Å². The minimum atomic E-state index is -3.97. The van der Waals surface area contributed by atoms with Crippen molar-refractivity contribution < 1.29 is 22.0 Å². The zero-order valence-electron chi connectivity index (χ0n) is 16.6. The molecule has 3 aromatic rings. The van der Waals surface area contributed by atoms with Crippen molar-refractivity contribution in [2.24, 2.45) is 0 Å². The number of nitrogens with one attached hydrogen (secondary N) is 1. The van der Waals surface area contributed by atoms with E-state index in [-0.39, 0.29) is 21.7 Å². The smallest absolute Gasteiger partial charge is 0.233 e. The van der Waals surface area contributed by atoms with Crippen molar-refractivity contribution in [3.63, 3.8) is 0 Å². The highest BCUT2D eigenvalue weighted by Crippen LogP contribution is 2.32. The molecule has 0 aliphatic carbocycles. The Labute approximate surface area is 184 Å². The van der Waals surface area contributed by atoms with Crippen LogP contribution in [0.1, 0.15) is 0 Å². The molecule has 1 fully saturated rings. The van der Waals surface area contributed by atoms with Gasteiger partial charge in [-0.2, -0.15) is 4.98 Å². The lowest BCUT2D eigenvalue weighted by atomic mass is 10.2. The van der Waals surface area contributed by atoms with Gasteiger partial charge < -0.3 is 14.5 Å². The van der Waals surface area contributed by atoms with Crippen molar-refractivity contribution >= 4 is 27.3 Å². The van der Waals surface area contributed by atoms with Crippen LogP contribution >= 0.6 is 11.6 Å². The molecular weight excluding hydrogens is 445 g/mol. The summed E-state index contributed by atoms with van der Waals surface area (Å²) in [6.45, 7) is 4.13. The van der Waals surface area contributed by atoms with Crippen LogP contribution in [-0.2, 0) is 14.6 Å². The summed E-state index contributed by atoms with van der Waals surface area (Å²) in [7, 11) is -3.97. The third-order valence-corrected chi connectivity index (χ3v) is 6.81. The minimum absolute atomic E-state index is 0.0440. The van der Waals surface area contributed by atoms with E-state index in [1.165, 1.54) is 48.5 Å². The highest BCUT2D eigenvalue weighted by molar-refractivity contribution is 7.91. The molecular formula is C21H21ClFN3O4S. The third kappa shape index (κ3) is 5.07. The lowest BCUT2D eigenvalue weighted by Crippen LogP contribution is -2.39. The molecule has 10 heteroatoms. The number of aromatic nitrogens is 1. The van der Waals surface area contributed by atoms with Crippen molar-refractivity contribution in [1.82, 2.24) is 9.88 Å². The number of halogens is 2. The number of hydrogen-bond donors (Lipinski definition) is 1. The highest BCUT2D eigenvalue weighted by atomic mass is 35.5. The van der Waals surface area contributed by atoms with Crippen LogP contribution in [0.3, 0.4) is 0 Å². The number of morpholine rings is 1. The number of oxazole rings is 1. The SMILES string of the molecule is O=S(=O)(c1ccc(Cl)cc1)c1nc(-c2ccc(F)cc2)oc1NCCN1CCOCC1. The second kappa shape index (κ2) is 9.35. The molecule has 31 heavy (non-hydrogen) atoms.